The normalized spacial score (nSPS) is 10.9. The van der Waals surface area contributed by atoms with E-state index in [0.29, 0.717) is 0 Å². The van der Waals surface area contributed by atoms with Gasteiger partial charge in [0, 0.05) is 43.0 Å². The van der Waals surface area contributed by atoms with Crippen LogP contribution in [0.5, 0.6) is 0 Å². The molecule has 29 heavy (non-hydrogen) atoms. The molecule has 0 saturated carbocycles. The Morgan fingerprint density at radius 2 is 1.90 bits per heavy atom. The Morgan fingerprint density at radius 3 is 2.59 bits per heavy atom. The van der Waals surface area contributed by atoms with Crippen LogP contribution in [0.25, 0.3) is 16.9 Å². The number of benzene rings is 2. The minimum atomic E-state index is -0.840. The van der Waals surface area contributed by atoms with Gasteiger partial charge < -0.3 is 5.32 Å². The van der Waals surface area contributed by atoms with Crippen molar-refractivity contribution in [2.45, 2.75) is 0 Å². The first kappa shape index (κ1) is 18.5. The number of hydrogen-bond donors (Lipinski definition) is 1. The van der Waals surface area contributed by atoms with Crippen LogP contribution in [0.2, 0.25) is 0 Å². The molecule has 1 amide bonds. The first-order valence-corrected chi connectivity index (χ1v) is 8.52. The summed E-state index contributed by atoms with van der Waals surface area (Å²) in [7, 11) is 1.57. The summed E-state index contributed by atoms with van der Waals surface area (Å²) >= 11 is 0. The van der Waals surface area contributed by atoms with E-state index in [1.165, 1.54) is 40.0 Å². The zero-order valence-electron chi connectivity index (χ0n) is 15.1. The van der Waals surface area contributed by atoms with Gasteiger partial charge in [-0.15, -0.1) is 0 Å². The van der Waals surface area contributed by atoms with E-state index < -0.39 is 23.4 Å². The molecule has 0 unspecified atom stereocenters. The van der Waals surface area contributed by atoms with Crippen molar-refractivity contribution < 1.29 is 18.0 Å². The van der Waals surface area contributed by atoms with Crippen LogP contribution in [0.4, 0.5) is 18.9 Å². The molecule has 9 heteroatoms. The van der Waals surface area contributed by atoms with Crippen LogP contribution in [0.3, 0.4) is 0 Å². The molecule has 0 atom stereocenters. The third kappa shape index (κ3) is 3.62. The lowest BCUT2D eigenvalue weighted by molar-refractivity contribution is 0.102. The van der Waals surface area contributed by atoms with Gasteiger partial charge in [-0.1, -0.05) is 0 Å². The van der Waals surface area contributed by atoms with Gasteiger partial charge in [-0.25, -0.2) is 17.9 Å². The number of aromatic nitrogens is 4. The van der Waals surface area contributed by atoms with Crippen LogP contribution in [0, 0.1) is 17.5 Å². The predicted molar refractivity (Wildman–Crippen MR) is 100 cm³/mol. The molecule has 0 aliphatic heterocycles. The maximum atomic E-state index is 14.4. The van der Waals surface area contributed by atoms with E-state index >= 15 is 0 Å². The third-order valence-electron chi connectivity index (χ3n) is 4.22. The molecule has 2 heterocycles. The topological polar surface area (TPSA) is 64.7 Å². The van der Waals surface area contributed by atoms with Crippen molar-refractivity contribution in [2.24, 2.45) is 7.05 Å². The average molecular weight is 397 g/mol. The SMILES string of the molecule is Cn1cc(C(=O)Nc2ccc(-n3cccn3)c(F)c2)c(-c2ccc(F)cc2F)n1. The Labute approximate surface area is 163 Å². The van der Waals surface area contributed by atoms with Crippen molar-refractivity contribution >= 4 is 11.6 Å². The molecule has 146 valence electrons. The number of rotatable bonds is 4. The molecule has 0 aliphatic rings. The summed E-state index contributed by atoms with van der Waals surface area (Å²) < 4.78 is 44.5. The number of aryl methyl sites for hydroxylation is 1. The molecule has 6 nitrogen and oxygen atoms in total. The minimum absolute atomic E-state index is 0.0163. The fraction of sp³-hybridized carbons (Fsp3) is 0.0500. The summed E-state index contributed by atoms with van der Waals surface area (Å²) in [5.74, 6) is -2.76. The van der Waals surface area contributed by atoms with Crippen LogP contribution in [-0.4, -0.2) is 25.5 Å². The Hall–Kier alpha value is -3.88. The number of halogens is 3. The molecule has 4 aromatic rings. The number of carbonyl (C=O) groups excluding carboxylic acids is 1. The summed E-state index contributed by atoms with van der Waals surface area (Å²) in [4.78, 5) is 12.7. The third-order valence-corrected chi connectivity index (χ3v) is 4.22. The van der Waals surface area contributed by atoms with E-state index in [2.05, 4.69) is 15.5 Å². The largest absolute Gasteiger partial charge is 0.322 e. The summed E-state index contributed by atoms with van der Waals surface area (Å²) in [6.07, 6.45) is 4.52. The molecular formula is C20H14F3N5O. The van der Waals surface area contributed by atoms with Crippen LogP contribution in [0.1, 0.15) is 10.4 Å². The van der Waals surface area contributed by atoms with Gasteiger partial charge in [0.1, 0.15) is 23.0 Å². The Morgan fingerprint density at radius 1 is 1.07 bits per heavy atom. The number of nitrogens with zero attached hydrogens (tertiary/aromatic N) is 4. The molecule has 0 aliphatic carbocycles. The second kappa shape index (κ2) is 7.27. The van der Waals surface area contributed by atoms with Gasteiger partial charge in [0.05, 0.1) is 5.56 Å². The molecule has 0 spiro atoms. The molecule has 0 radical (unpaired) electrons. The van der Waals surface area contributed by atoms with Gasteiger partial charge in [0.2, 0.25) is 0 Å². The highest BCUT2D eigenvalue weighted by Gasteiger charge is 2.20. The fourth-order valence-corrected chi connectivity index (χ4v) is 2.92. The van der Waals surface area contributed by atoms with Crippen molar-refractivity contribution in [2.75, 3.05) is 5.32 Å². The van der Waals surface area contributed by atoms with Crippen LogP contribution in [-0.2, 0) is 7.05 Å². The maximum absolute atomic E-state index is 14.4. The molecule has 4 rings (SSSR count). The van der Waals surface area contributed by atoms with Gasteiger partial charge in [0.15, 0.2) is 5.82 Å². The second-order valence-corrected chi connectivity index (χ2v) is 6.26. The van der Waals surface area contributed by atoms with Crippen molar-refractivity contribution in [1.82, 2.24) is 19.6 Å². The van der Waals surface area contributed by atoms with Gasteiger partial charge in [-0.2, -0.15) is 10.2 Å². The maximum Gasteiger partial charge on any atom is 0.259 e. The molecule has 1 N–H and O–H groups in total. The number of anilines is 1. The van der Waals surface area contributed by atoms with Crippen LogP contribution >= 0.6 is 0 Å². The Kier molecular flexibility index (Phi) is 4.63. The van der Waals surface area contributed by atoms with Crippen LogP contribution < -0.4 is 5.32 Å². The lowest BCUT2D eigenvalue weighted by Gasteiger charge is -2.09. The summed E-state index contributed by atoms with van der Waals surface area (Å²) in [5.41, 5.74) is 0.532. The fourth-order valence-electron chi connectivity index (χ4n) is 2.92. The first-order valence-electron chi connectivity index (χ1n) is 8.52. The molecule has 2 aromatic heterocycles. The number of amides is 1. The molecule has 0 fully saturated rings. The predicted octanol–water partition coefficient (Wildman–Crippen LogP) is 3.94. The molecule has 0 bridgehead atoms. The van der Waals surface area contributed by atoms with Gasteiger partial charge in [-0.05, 0) is 36.4 Å². The van der Waals surface area contributed by atoms with E-state index in [4.69, 9.17) is 0 Å². The monoisotopic (exact) mass is 397 g/mol. The first-order chi connectivity index (χ1) is 13.9. The van der Waals surface area contributed by atoms with Crippen molar-refractivity contribution in [3.05, 3.63) is 84.1 Å². The Bertz CT molecular complexity index is 1200. The Balaban J connectivity index is 1.64. The number of carbonyl (C=O) groups is 1. The van der Waals surface area contributed by atoms with Gasteiger partial charge >= 0.3 is 0 Å². The zero-order chi connectivity index (χ0) is 20.5. The smallest absolute Gasteiger partial charge is 0.259 e. The number of hydrogen-bond acceptors (Lipinski definition) is 3. The lowest BCUT2D eigenvalue weighted by Crippen LogP contribution is -2.13. The summed E-state index contributed by atoms with van der Waals surface area (Å²) in [5, 5.41) is 10.6. The summed E-state index contributed by atoms with van der Waals surface area (Å²) in [6, 6.07) is 8.82. The highest BCUT2D eigenvalue weighted by Crippen LogP contribution is 2.26. The van der Waals surface area contributed by atoms with E-state index in [9.17, 15) is 18.0 Å². The highest BCUT2D eigenvalue weighted by atomic mass is 19.1. The van der Waals surface area contributed by atoms with Crippen LogP contribution in [0.15, 0.2) is 61.1 Å². The van der Waals surface area contributed by atoms with E-state index in [0.717, 1.165) is 18.2 Å². The minimum Gasteiger partial charge on any atom is -0.322 e. The second-order valence-electron chi connectivity index (χ2n) is 6.26. The van der Waals surface area contributed by atoms with Crippen molar-refractivity contribution in [1.29, 1.82) is 0 Å². The van der Waals surface area contributed by atoms with E-state index in [-0.39, 0.29) is 28.2 Å². The van der Waals surface area contributed by atoms with E-state index in [1.807, 2.05) is 0 Å². The average Bonchev–Trinajstić information content (AvgIpc) is 3.32. The van der Waals surface area contributed by atoms with Gasteiger partial charge in [-0.3, -0.25) is 9.48 Å². The van der Waals surface area contributed by atoms with Gasteiger partial charge in [0.25, 0.3) is 5.91 Å². The molecular weight excluding hydrogens is 383 g/mol. The number of nitrogens with one attached hydrogen (secondary N) is 1. The highest BCUT2D eigenvalue weighted by molar-refractivity contribution is 6.08. The lowest BCUT2D eigenvalue weighted by atomic mass is 10.1. The quantitative estimate of drug-likeness (QED) is 0.567. The van der Waals surface area contributed by atoms with E-state index in [1.54, 1.807) is 19.3 Å². The standard InChI is InChI=1S/C20H14F3N5O/c1-27-11-15(19(26-27)14-5-3-12(21)9-16(14)22)20(29)25-13-4-6-18(17(23)10-13)28-8-2-7-24-28/h2-11H,1H3,(H,25,29). The van der Waals surface area contributed by atoms with Crippen molar-refractivity contribution in [3.63, 3.8) is 0 Å². The van der Waals surface area contributed by atoms with Crippen molar-refractivity contribution in [3.8, 4) is 16.9 Å². The summed E-state index contributed by atoms with van der Waals surface area (Å²) in [6.45, 7) is 0. The molecule has 0 saturated heterocycles. The zero-order valence-corrected chi connectivity index (χ0v) is 15.1. The molecule has 2 aromatic carbocycles.